The summed E-state index contributed by atoms with van der Waals surface area (Å²) >= 11 is 7.12. The zero-order chi connectivity index (χ0) is 15.0. The van der Waals surface area contributed by atoms with Crippen LogP contribution in [-0.2, 0) is 15.6 Å². The fourth-order valence-electron chi connectivity index (χ4n) is 1.87. The van der Waals surface area contributed by atoms with Gasteiger partial charge in [0.1, 0.15) is 4.21 Å². The van der Waals surface area contributed by atoms with E-state index in [0.717, 1.165) is 10.4 Å². The number of halogens is 1. The predicted molar refractivity (Wildman–Crippen MR) is 83.9 cm³/mol. The maximum Gasteiger partial charge on any atom is 0.250 e. The first kappa shape index (κ1) is 15.5. The second-order valence-electron chi connectivity index (χ2n) is 5.10. The number of hydrogen-bond donors (Lipinski definition) is 1. The summed E-state index contributed by atoms with van der Waals surface area (Å²) in [4.78, 5) is 0.967. The molecular formula is C14H16ClNO2S2. The molecule has 3 nitrogen and oxygen atoms in total. The average molecular weight is 330 g/mol. The van der Waals surface area contributed by atoms with Crippen molar-refractivity contribution in [1.29, 1.82) is 0 Å². The van der Waals surface area contributed by atoms with E-state index in [-0.39, 0.29) is 0 Å². The number of nitrogens with one attached hydrogen (secondary N) is 1. The number of benzene rings is 1. The zero-order valence-electron chi connectivity index (χ0n) is 11.5. The molecule has 0 atom stereocenters. The summed E-state index contributed by atoms with van der Waals surface area (Å²) in [7, 11) is -3.52. The molecule has 0 saturated carbocycles. The van der Waals surface area contributed by atoms with E-state index >= 15 is 0 Å². The Morgan fingerprint density at radius 2 is 1.70 bits per heavy atom. The Labute approximate surface area is 128 Å². The monoisotopic (exact) mass is 329 g/mol. The minimum atomic E-state index is -3.52. The summed E-state index contributed by atoms with van der Waals surface area (Å²) in [5.74, 6) is 0. The fourth-order valence-corrected chi connectivity index (χ4v) is 4.68. The third kappa shape index (κ3) is 3.41. The molecule has 0 aliphatic carbocycles. The van der Waals surface area contributed by atoms with Gasteiger partial charge in [-0.05, 0) is 50.6 Å². The average Bonchev–Trinajstić information content (AvgIpc) is 2.76. The highest BCUT2D eigenvalue weighted by Crippen LogP contribution is 2.27. The quantitative estimate of drug-likeness (QED) is 0.924. The molecule has 6 heteroatoms. The molecule has 2 rings (SSSR count). The zero-order valence-corrected chi connectivity index (χ0v) is 13.9. The van der Waals surface area contributed by atoms with Crippen LogP contribution in [-0.4, -0.2) is 8.42 Å². The van der Waals surface area contributed by atoms with Crippen LogP contribution in [0.3, 0.4) is 0 Å². The molecule has 1 aromatic heterocycles. The third-order valence-electron chi connectivity index (χ3n) is 2.94. The van der Waals surface area contributed by atoms with Gasteiger partial charge >= 0.3 is 0 Å². The molecule has 2 aromatic rings. The second kappa shape index (κ2) is 5.48. The highest BCUT2D eigenvalue weighted by molar-refractivity contribution is 7.91. The van der Waals surface area contributed by atoms with Crippen molar-refractivity contribution in [1.82, 2.24) is 4.72 Å². The number of thiophene rings is 1. The fraction of sp³-hybridized carbons (Fsp3) is 0.286. The molecule has 0 aliphatic rings. The summed E-state index contributed by atoms with van der Waals surface area (Å²) in [6, 6.07) is 10.6. The van der Waals surface area contributed by atoms with Crippen LogP contribution in [0.25, 0.3) is 0 Å². The van der Waals surface area contributed by atoms with E-state index < -0.39 is 15.6 Å². The van der Waals surface area contributed by atoms with Crippen LogP contribution in [0, 0.1) is 6.92 Å². The lowest BCUT2D eigenvalue weighted by Gasteiger charge is -2.26. The van der Waals surface area contributed by atoms with Crippen LogP contribution < -0.4 is 4.72 Å². The molecule has 108 valence electrons. The van der Waals surface area contributed by atoms with Gasteiger partial charge in [-0.25, -0.2) is 13.1 Å². The Kier molecular flexibility index (Phi) is 4.25. The molecule has 0 aliphatic heterocycles. The van der Waals surface area contributed by atoms with Gasteiger partial charge in [-0.15, -0.1) is 11.3 Å². The van der Waals surface area contributed by atoms with Crippen molar-refractivity contribution >= 4 is 33.0 Å². The molecular weight excluding hydrogens is 314 g/mol. The van der Waals surface area contributed by atoms with Gasteiger partial charge in [0.15, 0.2) is 0 Å². The summed E-state index contributed by atoms with van der Waals surface area (Å²) in [6.07, 6.45) is 0. The van der Waals surface area contributed by atoms with Gasteiger partial charge in [-0.2, -0.15) is 0 Å². The van der Waals surface area contributed by atoms with Gasteiger partial charge in [0.2, 0.25) is 0 Å². The van der Waals surface area contributed by atoms with Crippen molar-refractivity contribution < 1.29 is 8.42 Å². The normalized spacial score (nSPS) is 12.6. The van der Waals surface area contributed by atoms with Gasteiger partial charge in [-0.3, -0.25) is 0 Å². The molecule has 1 aromatic carbocycles. The number of aryl methyl sites for hydroxylation is 1. The lowest BCUT2D eigenvalue weighted by molar-refractivity contribution is 0.473. The Hall–Kier alpha value is -0.880. The SMILES string of the molecule is Cc1ccc(S(=O)(=O)NC(C)(C)c2ccc(Cl)cc2)s1. The second-order valence-corrected chi connectivity index (χ2v) is 8.74. The Bertz CT molecular complexity index is 703. The summed E-state index contributed by atoms with van der Waals surface area (Å²) in [6.45, 7) is 5.54. The van der Waals surface area contributed by atoms with E-state index in [4.69, 9.17) is 11.6 Å². The molecule has 0 bridgehead atoms. The molecule has 0 spiro atoms. The van der Waals surface area contributed by atoms with E-state index in [2.05, 4.69) is 4.72 Å². The lowest BCUT2D eigenvalue weighted by Crippen LogP contribution is -2.40. The first-order valence-electron chi connectivity index (χ1n) is 6.07. The molecule has 0 unspecified atom stereocenters. The number of sulfonamides is 1. The first-order valence-corrected chi connectivity index (χ1v) is 8.75. The number of rotatable bonds is 4. The standard InChI is InChI=1S/C14H16ClNO2S2/c1-10-4-9-13(19-10)20(17,18)16-14(2,3)11-5-7-12(15)8-6-11/h4-9,16H,1-3H3. The van der Waals surface area contributed by atoms with Crippen LogP contribution in [0.1, 0.15) is 24.3 Å². The smallest absolute Gasteiger partial charge is 0.206 e. The van der Waals surface area contributed by atoms with Gasteiger partial charge in [0, 0.05) is 9.90 Å². The first-order chi connectivity index (χ1) is 9.21. The molecule has 0 radical (unpaired) electrons. The van der Waals surface area contributed by atoms with E-state index in [9.17, 15) is 8.42 Å². The van der Waals surface area contributed by atoms with Crippen molar-refractivity contribution in [2.75, 3.05) is 0 Å². The predicted octanol–water partition coefficient (Wildman–Crippen LogP) is 3.92. The maximum atomic E-state index is 12.4. The Morgan fingerprint density at radius 3 is 2.20 bits per heavy atom. The molecule has 0 saturated heterocycles. The largest absolute Gasteiger partial charge is 0.250 e. The molecule has 1 N–H and O–H groups in total. The van der Waals surface area contributed by atoms with Crippen molar-refractivity contribution in [3.63, 3.8) is 0 Å². The summed E-state index contributed by atoms with van der Waals surface area (Å²) in [5, 5.41) is 0.626. The van der Waals surface area contributed by atoms with E-state index in [1.54, 1.807) is 24.3 Å². The van der Waals surface area contributed by atoms with Crippen LogP contribution >= 0.6 is 22.9 Å². The van der Waals surface area contributed by atoms with Crippen LogP contribution in [0.5, 0.6) is 0 Å². The van der Waals surface area contributed by atoms with Gasteiger partial charge < -0.3 is 0 Å². The van der Waals surface area contributed by atoms with Gasteiger partial charge in [-0.1, -0.05) is 23.7 Å². The minimum Gasteiger partial charge on any atom is -0.206 e. The van der Waals surface area contributed by atoms with Crippen LogP contribution in [0.2, 0.25) is 5.02 Å². The number of hydrogen-bond acceptors (Lipinski definition) is 3. The molecule has 1 heterocycles. The highest BCUT2D eigenvalue weighted by atomic mass is 35.5. The van der Waals surface area contributed by atoms with E-state index in [1.807, 2.05) is 32.9 Å². The van der Waals surface area contributed by atoms with Crippen molar-refractivity contribution in [3.05, 3.63) is 51.9 Å². The van der Waals surface area contributed by atoms with Crippen LogP contribution in [0.15, 0.2) is 40.6 Å². The van der Waals surface area contributed by atoms with Gasteiger partial charge in [0.25, 0.3) is 10.0 Å². The minimum absolute atomic E-state index is 0.331. The lowest BCUT2D eigenvalue weighted by atomic mass is 9.96. The van der Waals surface area contributed by atoms with Crippen molar-refractivity contribution in [2.45, 2.75) is 30.5 Å². The highest BCUT2D eigenvalue weighted by Gasteiger charge is 2.28. The Balaban J connectivity index is 2.30. The maximum absolute atomic E-state index is 12.4. The van der Waals surface area contributed by atoms with Gasteiger partial charge in [0.05, 0.1) is 5.54 Å². The van der Waals surface area contributed by atoms with Crippen LogP contribution in [0.4, 0.5) is 0 Å². The van der Waals surface area contributed by atoms with Crippen molar-refractivity contribution in [2.24, 2.45) is 0 Å². The van der Waals surface area contributed by atoms with Crippen molar-refractivity contribution in [3.8, 4) is 0 Å². The molecule has 0 fully saturated rings. The topological polar surface area (TPSA) is 46.2 Å². The molecule has 20 heavy (non-hydrogen) atoms. The summed E-state index contributed by atoms with van der Waals surface area (Å²) < 4.78 is 27.8. The van der Waals surface area contributed by atoms with E-state index in [1.165, 1.54) is 11.3 Å². The third-order valence-corrected chi connectivity index (χ3v) is 6.34. The summed E-state index contributed by atoms with van der Waals surface area (Å²) in [5.41, 5.74) is 0.153. The van der Waals surface area contributed by atoms with E-state index in [0.29, 0.717) is 9.23 Å². The molecule has 0 amide bonds. The Morgan fingerprint density at radius 1 is 1.10 bits per heavy atom.